The van der Waals surface area contributed by atoms with Crippen LogP contribution in [-0.2, 0) is 9.59 Å². The highest BCUT2D eigenvalue weighted by Gasteiger charge is 2.41. The second-order valence-corrected chi connectivity index (χ2v) is 8.79. The first-order chi connectivity index (χ1) is 21.0. The fourth-order valence-electron chi connectivity index (χ4n) is 4.00. The number of aromatic amines is 1. The van der Waals surface area contributed by atoms with E-state index in [0.717, 1.165) is 22.9 Å². The summed E-state index contributed by atoms with van der Waals surface area (Å²) in [6, 6.07) is 8.72. The molecule has 0 radical (unpaired) electrons. The lowest BCUT2D eigenvalue weighted by atomic mass is 10.1. The van der Waals surface area contributed by atoms with Gasteiger partial charge in [0.15, 0.2) is 0 Å². The topological polar surface area (TPSA) is 207 Å². The van der Waals surface area contributed by atoms with Gasteiger partial charge in [-0.3, -0.25) is 19.4 Å². The van der Waals surface area contributed by atoms with E-state index < -0.39 is 52.5 Å². The fourth-order valence-corrected chi connectivity index (χ4v) is 4.00. The quantitative estimate of drug-likeness (QED) is 0.129. The molecule has 1 aliphatic heterocycles. The van der Waals surface area contributed by atoms with Crippen molar-refractivity contribution in [3.05, 3.63) is 134 Å². The first-order valence-electron chi connectivity index (χ1n) is 12.3. The Morgan fingerprint density at radius 3 is 1.91 bits per heavy atom. The van der Waals surface area contributed by atoms with Gasteiger partial charge in [0, 0.05) is 0 Å². The Balaban J connectivity index is 1.65. The summed E-state index contributed by atoms with van der Waals surface area (Å²) in [5.74, 6) is -5.15. The van der Waals surface area contributed by atoms with Crippen LogP contribution >= 0.6 is 0 Å². The zero-order valence-corrected chi connectivity index (χ0v) is 22.3. The summed E-state index contributed by atoms with van der Waals surface area (Å²) in [7, 11) is 0. The molecule has 4 amide bonds. The van der Waals surface area contributed by atoms with Crippen LogP contribution < -0.4 is 16.1 Å². The van der Waals surface area contributed by atoms with Gasteiger partial charge in [0.2, 0.25) is 5.88 Å². The fraction of sp³-hybridized carbons (Fsp3) is 0. The molecule has 14 heteroatoms. The van der Waals surface area contributed by atoms with Gasteiger partial charge in [-0.05, 0) is 60.7 Å². The second kappa shape index (κ2) is 12.4. The summed E-state index contributed by atoms with van der Waals surface area (Å²) in [5.41, 5.74) is -0.482. The number of barbiturate groups is 1. The summed E-state index contributed by atoms with van der Waals surface area (Å²) in [4.78, 5) is 89.3. The number of rotatable bonds is 8. The predicted molar refractivity (Wildman–Crippen MR) is 154 cm³/mol. The molecule has 4 N–H and O–H groups in total. The van der Waals surface area contributed by atoms with E-state index in [9.17, 15) is 38.7 Å². The molecule has 220 valence electrons. The molecule has 0 unspecified atom stereocenters. The number of carbonyl (C=O) groups is 5. The van der Waals surface area contributed by atoms with Gasteiger partial charge in [0.05, 0.1) is 28.7 Å². The van der Waals surface area contributed by atoms with Crippen LogP contribution in [0.25, 0.3) is 11.8 Å². The maximum atomic E-state index is 13.2. The summed E-state index contributed by atoms with van der Waals surface area (Å²) in [6.45, 7) is 3.34. The number of hydrogen-bond donors (Lipinski definition) is 4. The van der Waals surface area contributed by atoms with Crippen LogP contribution in [0.2, 0.25) is 0 Å². The number of aromatic hydroxyl groups is 1. The summed E-state index contributed by atoms with van der Waals surface area (Å²) in [5, 5.41) is 28.8. The Hall–Kier alpha value is -6.79. The van der Waals surface area contributed by atoms with E-state index in [1.165, 1.54) is 66.8 Å². The Morgan fingerprint density at radius 1 is 0.795 bits per heavy atom. The molecular weight excluding hydrogens is 576 g/mol. The Kier molecular flexibility index (Phi) is 8.49. The van der Waals surface area contributed by atoms with Gasteiger partial charge in [0.1, 0.15) is 11.1 Å². The van der Waals surface area contributed by atoms with Gasteiger partial charge in [-0.25, -0.2) is 33.5 Å². The molecule has 1 aliphatic rings. The lowest BCUT2D eigenvalue weighted by Crippen LogP contribution is -2.54. The number of carboxylic acid groups (broad SMARTS) is 2. The number of urea groups is 1. The Morgan fingerprint density at radius 2 is 1.36 bits per heavy atom. The lowest BCUT2D eigenvalue weighted by Gasteiger charge is -2.31. The molecule has 14 nitrogen and oxygen atoms in total. The Bertz CT molecular complexity index is 1970. The van der Waals surface area contributed by atoms with Crippen LogP contribution in [0.5, 0.6) is 5.88 Å². The Labute approximate surface area is 246 Å². The lowest BCUT2D eigenvalue weighted by molar-refractivity contribution is -0.127. The van der Waals surface area contributed by atoms with Crippen molar-refractivity contribution >= 4 is 41.5 Å². The van der Waals surface area contributed by atoms with Gasteiger partial charge < -0.3 is 15.3 Å². The van der Waals surface area contributed by atoms with Crippen LogP contribution in [0.3, 0.4) is 0 Å². The number of imide groups is 2. The molecule has 1 saturated heterocycles. The molecule has 3 aromatic rings. The minimum atomic E-state index is -1.22. The van der Waals surface area contributed by atoms with Crippen molar-refractivity contribution in [2.45, 2.75) is 0 Å². The third-order valence-electron chi connectivity index (χ3n) is 6.11. The smallest absolute Gasteiger partial charge is 0.343 e. The number of H-pyrrole nitrogens is 1. The van der Waals surface area contributed by atoms with E-state index in [-0.39, 0.29) is 28.1 Å². The standard InChI is InChI=1S/C30H20N4O10/c1-2-16-32-24(36)22(26(38)34(30(32)44)20-14-10-18(11-15-20)28(41)42)7-5-3-4-6-21-23(35)31-29(43)33(25(21)37)19-12-8-17(9-13-19)27(39)40/h3-16,37H,1H2,(H,39,40)(H,41,42)(H,31,35,43)/b5-3+,6-4+,22-7+. The molecule has 0 atom stereocenters. The van der Waals surface area contributed by atoms with Crippen molar-refractivity contribution in [2.24, 2.45) is 0 Å². The highest BCUT2D eigenvalue weighted by atomic mass is 16.4. The van der Waals surface area contributed by atoms with E-state index in [2.05, 4.69) is 12.3 Å². The number of nitrogens with zero attached hydrogens (tertiary/aromatic N) is 3. The van der Waals surface area contributed by atoms with E-state index >= 15 is 0 Å². The van der Waals surface area contributed by atoms with Crippen molar-refractivity contribution < 1.29 is 39.3 Å². The van der Waals surface area contributed by atoms with Crippen molar-refractivity contribution in [3.63, 3.8) is 0 Å². The number of aromatic carboxylic acids is 2. The van der Waals surface area contributed by atoms with E-state index in [1.807, 2.05) is 4.98 Å². The minimum Gasteiger partial charge on any atom is -0.494 e. The third-order valence-corrected chi connectivity index (χ3v) is 6.11. The van der Waals surface area contributed by atoms with Crippen LogP contribution in [0, 0.1) is 0 Å². The molecule has 0 bridgehead atoms. The third kappa shape index (κ3) is 5.81. The number of anilines is 1. The summed E-state index contributed by atoms with van der Waals surface area (Å²) in [6.07, 6.45) is 6.97. The molecule has 2 heterocycles. The summed E-state index contributed by atoms with van der Waals surface area (Å²) >= 11 is 0. The van der Waals surface area contributed by atoms with Crippen molar-refractivity contribution in [1.29, 1.82) is 0 Å². The van der Waals surface area contributed by atoms with Crippen molar-refractivity contribution in [1.82, 2.24) is 14.5 Å². The first-order valence-corrected chi connectivity index (χ1v) is 12.3. The second-order valence-electron chi connectivity index (χ2n) is 8.79. The van der Waals surface area contributed by atoms with Gasteiger partial charge in [-0.1, -0.05) is 24.8 Å². The molecule has 1 aromatic heterocycles. The monoisotopic (exact) mass is 596 g/mol. The number of carboxylic acids is 2. The average Bonchev–Trinajstić information content (AvgIpc) is 2.98. The van der Waals surface area contributed by atoms with E-state index in [1.54, 1.807) is 0 Å². The van der Waals surface area contributed by atoms with Crippen LogP contribution in [0.4, 0.5) is 10.5 Å². The number of allylic oxidation sites excluding steroid dienone is 4. The maximum absolute atomic E-state index is 13.2. The average molecular weight is 597 g/mol. The van der Waals surface area contributed by atoms with E-state index in [4.69, 9.17) is 10.2 Å². The highest BCUT2D eigenvalue weighted by molar-refractivity contribution is 6.37. The molecule has 0 spiro atoms. The maximum Gasteiger partial charge on any atom is 0.343 e. The van der Waals surface area contributed by atoms with Gasteiger partial charge in [-0.15, -0.1) is 5.73 Å². The molecule has 0 aliphatic carbocycles. The van der Waals surface area contributed by atoms with Gasteiger partial charge >= 0.3 is 23.7 Å². The number of aromatic nitrogens is 2. The molecular formula is C30H20N4O10. The van der Waals surface area contributed by atoms with Crippen molar-refractivity contribution in [3.8, 4) is 11.6 Å². The van der Waals surface area contributed by atoms with Gasteiger partial charge in [-0.2, -0.15) is 0 Å². The van der Waals surface area contributed by atoms with Crippen LogP contribution in [0.1, 0.15) is 26.3 Å². The normalized spacial score (nSPS) is 14.5. The minimum absolute atomic E-state index is 0.00263. The number of nitrogens with one attached hydrogen (secondary N) is 1. The van der Waals surface area contributed by atoms with Gasteiger partial charge in [0.25, 0.3) is 17.4 Å². The molecule has 2 aromatic carbocycles. The van der Waals surface area contributed by atoms with E-state index in [0.29, 0.717) is 9.80 Å². The number of benzene rings is 2. The predicted octanol–water partition coefficient (Wildman–Crippen LogP) is 2.42. The van der Waals surface area contributed by atoms with Crippen LogP contribution in [-0.4, -0.2) is 59.6 Å². The summed E-state index contributed by atoms with van der Waals surface area (Å²) < 4.78 is 0.758. The SMILES string of the molecule is C=C=CN1C(=O)\C(=C/C=C/C=C/c2c(O)n(-c3ccc(C(=O)O)cc3)c(=O)[nH]c2=O)C(=O)N(c2ccc(C(=O)O)cc2)C1=O. The number of amides is 4. The number of carbonyl (C=O) groups excluding carboxylic acids is 3. The van der Waals surface area contributed by atoms with Crippen LogP contribution in [0.15, 0.2) is 107 Å². The first kappa shape index (κ1) is 30.2. The largest absolute Gasteiger partial charge is 0.494 e. The molecule has 0 saturated carbocycles. The molecule has 4 rings (SSSR count). The molecule has 44 heavy (non-hydrogen) atoms. The molecule has 1 fully saturated rings. The zero-order valence-electron chi connectivity index (χ0n) is 22.3. The highest BCUT2D eigenvalue weighted by Crippen LogP contribution is 2.25. The van der Waals surface area contributed by atoms with Crippen molar-refractivity contribution in [2.75, 3.05) is 4.90 Å². The number of hydrogen-bond acceptors (Lipinski definition) is 8. The zero-order chi connectivity index (χ0) is 32.1.